The molecule has 0 aromatic heterocycles. The molecule has 2 heterocycles. The van der Waals surface area contributed by atoms with Crippen LogP contribution in [0, 0.1) is 5.41 Å². The second kappa shape index (κ2) is 21.4. The summed E-state index contributed by atoms with van der Waals surface area (Å²) in [6.45, 7) is 9.70. The molecule has 2 aliphatic heterocycles. The van der Waals surface area contributed by atoms with Crippen LogP contribution in [-0.4, -0.2) is 122 Å². The number of nitrogens with one attached hydrogen (secondary N) is 2. The number of halogens is 4. The third kappa shape index (κ3) is 12.5. The molecule has 4 aromatic carbocycles. The van der Waals surface area contributed by atoms with Gasteiger partial charge in [-0.15, -0.1) is 11.8 Å². The quantitative estimate of drug-likeness (QED) is 0.0886. The van der Waals surface area contributed by atoms with Crippen LogP contribution in [0.2, 0.25) is 5.02 Å². The average molecular weight is 990 g/mol. The lowest BCUT2D eigenvalue weighted by molar-refractivity contribution is -0.0435. The van der Waals surface area contributed by atoms with E-state index < -0.39 is 52.8 Å². The van der Waals surface area contributed by atoms with Gasteiger partial charge in [-0.25, -0.2) is 21.6 Å². The molecule has 0 spiro atoms. The van der Waals surface area contributed by atoms with Crippen LogP contribution in [0.15, 0.2) is 117 Å². The molecule has 1 amide bonds. The third-order valence-corrected chi connectivity index (χ3v) is 16.8. The van der Waals surface area contributed by atoms with Gasteiger partial charge in [-0.1, -0.05) is 54.4 Å². The van der Waals surface area contributed by atoms with Crippen LogP contribution in [0.3, 0.4) is 0 Å². The molecule has 356 valence electrons. The van der Waals surface area contributed by atoms with Crippen molar-refractivity contribution < 1.29 is 39.5 Å². The zero-order chi connectivity index (χ0) is 47.1. The van der Waals surface area contributed by atoms with Gasteiger partial charge in [-0.3, -0.25) is 14.6 Å². The Labute approximate surface area is 395 Å². The maximum atomic E-state index is 14.2. The third-order valence-electron chi connectivity index (χ3n) is 12.5. The minimum atomic E-state index is -6.06. The van der Waals surface area contributed by atoms with E-state index in [2.05, 4.69) is 39.1 Å². The highest BCUT2D eigenvalue weighted by Gasteiger charge is 2.48. The number of morpholine rings is 1. The van der Waals surface area contributed by atoms with Gasteiger partial charge in [0.1, 0.15) is 4.90 Å². The van der Waals surface area contributed by atoms with Crippen molar-refractivity contribution in [2.75, 3.05) is 88.1 Å². The van der Waals surface area contributed by atoms with Gasteiger partial charge in [-0.2, -0.15) is 13.2 Å². The van der Waals surface area contributed by atoms with Crippen molar-refractivity contribution >= 4 is 66.1 Å². The van der Waals surface area contributed by atoms with Crippen molar-refractivity contribution in [1.29, 1.82) is 0 Å². The van der Waals surface area contributed by atoms with Gasteiger partial charge in [0, 0.05) is 85.3 Å². The van der Waals surface area contributed by atoms with Crippen molar-refractivity contribution in [3.05, 3.63) is 119 Å². The summed E-state index contributed by atoms with van der Waals surface area (Å²) in [5.74, 6) is -0.665. The number of sulfonamides is 1. The number of nitrogens with two attached hydrogens (primary N) is 1. The number of benzene rings is 4. The number of sulfone groups is 1. The SMILES string of the molecule is CC1(CN)CCC(c2ccc(Cl)cc2)=C(CN2CCN(c3ccc(C(=O)NS(=O)(=O)c4ccc(N[C@H](CCN5CCOCC5)CSc5ccccc5)c(S(=O)(=O)C(F)(F)F)c4)cc3)CC2)C1. The summed E-state index contributed by atoms with van der Waals surface area (Å²) >= 11 is 7.64. The zero-order valence-corrected chi connectivity index (χ0v) is 39.9. The second-order valence-electron chi connectivity index (χ2n) is 17.3. The number of thioether (sulfide) groups is 1. The van der Waals surface area contributed by atoms with Crippen molar-refractivity contribution in [1.82, 2.24) is 14.5 Å². The summed E-state index contributed by atoms with van der Waals surface area (Å²) in [6, 6.07) is 25.7. The highest BCUT2D eigenvalue weighted by Crippen LogP contribution is 2.43. The molecule has 0 radical (unpaired) electrons. The predicted molar refractivity (Wildman–Crippen MR) is 255 cm³/mol. The number of hydrogen-bond donors (Lipinski definition) is 3. The smallest absolute Gasteiger partial charge is 0.380 e. The fourth-order valence-corrected chi connectivity index (χ4v) is 11.7. The summed E-state index contributed by atoms with van der Waals surface area (Å²) in [7, 11) is -10.9. The van der Waals surface area contributed by atoms with E-state index in [0.29, 0.717) is 75.7 Å². The van der Waals surface area contributed by atoms with Crippen LogP contribution in [-0.2, 0) is 24.6 Å². The molecule has 2 atom stereocenters. The predicted octanol–water partition coefficient (Wildman–Crippen LogP) is 7.77. The number of ether oxygens (including phenoxy) is 1. The normalized spacial score (nSPS) is 19.7. The van der Waals surface area contributed by atoms with Gasteiger partial charge in [0.25, 0.3) is 25.8 Å². The fourth-order valence-electron chi connectivity index (χ4n) is 8.57. The lowest BCUT2D eigenvalue weighted by Crippen LogP contribution is -2.47. The molecule has 19 heteroatoms. The highest BCUT2D eigenvalue weighted by molar-refractivity contribution is 7.99. The summed E-state index contributed by atoms with van der Waals surface area (Å²) in [5.41, 5.74) is 4.86. The van der Waals surface area contributed by atoms with Crippen LogP contribution in [0.5, 0.6) is 0 Å². The van der Waals surface area contributed by atoms with E-state index in [4.69, 9.17) is 22.1 Å². The Morgan fingerprint density at radius 1 is 0.894 bits per heavy atom. The lowest BCUT2D eigenvalue weighted by Gasteiger charge is -2.40. The van der Waals surface area contributed by atoms with Crippen molar-refractivity contribution in [3.63, 3.8) is 0 Å². The largest absolute Gasteiger partial charge is 0.501 e. The molecule has 2 saturated heterocycles. The van der Waals surface area contributed by atoms with Crippen molar-refractivity contribution in [3.8, 4) is 0 Å². The molecule has 2 fully saturated rings. The molecule has 0 saturated carbocycles. The van der Waals surface area contributed by atoms with E-state index in [0.717, 1.165) is 61.6 Å². The molecule has 1 unspecified atom stereocenters. The summed E-state index contributed by atoms with van der Waals surface area (Å²) < 4.78 is 103. The molecule has 0 bridgehead atoms. The van der Waals surface area contributed by atoms with E-state index in [1.807, 2.05) is 47.2 Å². The van der Waals surface area contributed by atoms with E-state index in [1.54, 1.807) is 12.1 Å². The first-order chi connectivity index (χ1) is 31.4. The van der Waals surface area contributed by atoms with Crippen LogP contribution in [0.25, 0.3) is 5.57 Å². The van der Waals surface area contributed by atoms with Gasteiger partial charge < -0.3 is 20.7 Å². The van der Waals surface area contributed by atoms with Gasteiger partial charge in [0.05, 0.1) is 23.8 Å². The Kier molecular flexibility index (Phi) is 16.2. The number of piperazine rings is 1. The number of carbonyl (C=O) groups excluding carboxylic acids is 1. The summed E-state index contributed by atoms with van der Waals surface area (Å²) in [5, 5.41) is 3.69. The Hall–Kier alpha value is -4.14. The number of carbonyl (C=O) groups is 1. The number of allylic oxidation sites excluding steroid dienone is 1. The number of anilines is 2. The van der Waals surface area contributed by atoms with Gasteiger partial charge >= 0.3 is 5.51 Å². The highest BCUT2D eigenvalue weighted by atomic mass is 35.5. The molecule has 12 nitrogen and oxygen atoms in total. The van der Waals surface area contributed by atoms with Gasteiger partial charge in [-0.05, 0) is 116 Å². The average Bonchev–Trinajstić information content (AvgIpc) is 3.31. The van der Waals surface area contributed by atoms with Crippen molar-refractivity contribution in [2.45, 2.75) is 58.8 Å². The van der Waals surface area contributed by atoms with Crippen LogP contribution in [0.4, 0.5) is 24.5 Å². The first-order valence-electron chi connectivity index (χ1n) is 21.9. The molecule has 3 aliphatic rings. The van der Waals surface area contributed by atoms with E-state index in [1.165, 1.54) is 40.6 Å². The first-order valence-corrected chi connectivity index (χ1v) is 26.3. The minimum absolute atomic E-state index is 0.0108. The monoisotopic (exact) mass is 988 g/mol. The number of alkyl halides is 3. The molecule has 7 rings (SSSR count). The number of hydrogen-bond acceptors (Lipinski definition) is 12. The molecular weight excluding hydrogens is 933 g/mol. The maximum absolute atomic E-state index is 14.2. The first kappa shape index (κ1) is 49.8. The second-order valence-corrected chi connectivity index (χ2v) is 22.5. The number of rotatable bonds is 17. The standard InChI is InChI=1S/C47H56ClF3N6O6S3/c1-46(33-52)19-17-42(34-7-11-37(48)12-8-34)36(30-46)31-56-21-23-57(24-22-56)39-13-9-35(10-14-39)45(58)54-66(61,62)41-15-16-43(44(29-41)65(59,60)47(49,50)51)53-38(18-20-55-25-27-63-28-26-55)32-64-40-5-3-2-4-6-40/h2-16,29,38,53H,17-28,30-33,52H2,1H3,(H,54,58)/t38-,46?/m1/s1. The number of nitrogens with zero attached hydrogens (tertiary/aromatic N) is 3. The Balaban J connectivity index is 1.02. The topological polar surface area (TPSA) is 154 Å². The minimum Gasteiger partial charge on any atom is -0.380 e. The fraction of sp³-hybridized carbons (Fsp3) is 0.426. The van der Waals surface area contributed by atoms with E-state index >= 15 is 0 Å². The van der Waals surface area contributed by atoms with Crippen LogP contribution >= 0.6 is 23.4 Å². The molecular formula is C47H56ClF3N6O6S3. The molecule has 4 N–H and O–H groups in total. The molecule has 1 aliphatic carbocycles. The molecule has 4 aromatic rings. The van der Waals surface area contributed by atoms with Gasteiger partial charge in [0.2, 0.25) is 0 Å². The lowest BCUT2D eigenvalue weighted by atomic mass is 9.71. The van der Waals surface area contributed by atoms with Crippen molar-refractivity contribution in [2.24, 2.45) is 11.1 Å². The number of amides is 1. The van der Waals surface area contributed by atoms with E-state index in [9.17, 15) is 34.8 Å². The van der Waals surface area contributed by atoms with E-state index in [-0.39, 0.29) is 11.0 Å². The summed E-state index contributed by atoms with van der Waals surface area (Å²) in [6.07, 6.45) is 3.32. The van der Waals surface area contributed by atoms with Crippen LogP contribution < -0.4 is 20.7 Å². The van der Waals surface area contributed by atoms with Gasteiger partial charge in [0.15, 0.2) is 0 Å². The summed E-state index contributed by atoms with van der Waals surface area (Å²) in [4.78, 5) is 19.0. The Morgan fingerprint density at radius 2 is 1.58 bits per heavy atom. The maximum Gasteiger partial charge on any atom is 0.501 e. The molecule has 66 heavy (non-hydrogen) atoms. The van der Waals surface area contributed by atoms with Crippen LogP contribution in [0.1, 0.15) is 48.5 Å². The zero-order valence-electron chi connectivity index (χ0n) is 36.7. The Morgan fingerprint density at radius 3 is 2.23 bits per heavy atom. The Bertz CT molecular complexity index is 2560.